The normalized spacial score (nSPS) is 16.5. The highest BCUT2D eigenvalue weighted by molar-refractivity contribution is 5.68. The molecule has 2 unspecified atom stereocenters. The summed E-state index contributed by atoms with van der Waals surface area (Å²) in [5.41, 5.74) is -0.890. The first-order chi connectivity index (χ1) is 6.93. The molecule has 0 fully saturated rings. The summed E-state index contributed by atoms with van der Waals surface area (Å²) in [6.45, 7) is 5.52. The maximum atomic E-state index is 12.3. The molecule has 0 saturated heterocycles. The Bertz CT molecular complexity index is 245. The fourth-order valence-electron chi connectivity index (χ4n) is 0.910. The Kier molecular flexibility index (Phi) is 4.60. The Hall–Kier alpha value is -0.980. The zero-order chi connectivity index (χ0) is 13.1. The van der Waals surface area contributed by atoms with Gasteiger partial charge in [0, 0.05) is 0 Å². The van der Waals surface area contributed by atoms with E-state index in [9.17, 15) is 18.0 Å². The average Bonchev–Trinajstić information content (AvgIpc) is 1.93. The van der Waals surface area contributed by atoms with Crippen LogP contribution in [0.4, 0.5) is 18.0 Å². The number of carbonyl (C=O) groups excluding carboxylic acids is 1. The van der Waals surface area contributed by atoms with Crippen LogP contribution < -0.4 is 5.32 Å². The Balaban J connectivity index is 4.49. The minimum atomic E-state index is -4.72. The van der Waals surface area contributed by atoms with Crippen LogP contribution in [0, 0.1) is 0 Å². The molecule has 0 radical (unpaired) electrons. The van der Waals surface area contributed by atoms with Crippen molar-refractivity contribution in [3.63, 3.8) is 0 Å². The van der Waals surface area contributed by atoms with Crippen molar-refractivity contribution in [3.05, 3.63) is 0 Å². The number of hydrogen-bond acceptors (Lipinski definition) is 3. The number of aliphatic hydroxyl groups excluding tert-OH is 1. The summed E-state index contributed by atoms with van der Waals surface area (Å²) in [5.74, 6) is 0. The summed E-state index contributed by atoms with van der Waals surface area (Å²) >= 11 is 0. The van der Waals surface area contributed by atoms with Gasteiger partial charge in [-0.3, -0.25) is 0 Å². The van der Waals surface area contributed by atoms with Crippen LogP contribution in [0.2, 0.25) is 0 Å². The van der Waals surface area contributed by atoms with Gasteiger partial charge in [0.05, 0.1) is 6.10 Å². The van der Waals surface area contributed by atoms with E-state index < -0.39 is 30.0 Å². The number of aliphatic hydroxyl groups is 1. The second kappa shape index (κ2) is 4.90. The molecule has 0 aliphatic carbocycles. The SMILES string of the molecule is CC(O)C(NC(=O)OC(C)(C)C)C(F)(F)F. The largest absolute Gasteiger partial charge is 0.444 e. The molecule has 0 aromatic carbocycles. The number of alkyl carbamates (subject to hydrolysis) is 1. The van der Waals surface area contributed by atoms with Crippen LogP contribution in [0.25, 0.3) is 0 Å². The fraction of sp³-hybridized carbons (Fsp3) is 0.889. The zero-order valence-electron chi connectivity index (χ0n) is 9.55. The number of halogens is 3. The van der Waals surface area contributed by atoms with Gasteiger partial charge in [0.15, 0.2) is 6.04 Å². The van der Waals surface area contributed by atoms with E-state index in [0.29, 0.717) is 0 Å². The number of carbonyl (C=O) groups is 1. The predicted molar refractivity (Wildman–Crippen MR) is 50.9 cm³/mol. The molecule has 0 bridgehead atoms. The monoisotopic (exact) mass is 243 g/mol. The van der Waals surface area contributed by atoms with Crippen molar-refractivity contribution in [2.45, 2.75) is 51.6 Å². The van der Waals surface area contributed by atoms with Gasteiger partial charge in [0.2, 0.25) is 0 Å². The quantitative estimate of drug-likeness (QED) is 0.777. The van der Waals surface area contributed by atoms with Crippen LogP contribution in [-0.2, 0) is 4.74 Å². The van der Waals surface area contributed by atoms with E-state index >= 15 is 0 Å². The third-order valence-electron chi connectivity index (χ3n) is 1.51. The molecule has 0 heterocycles. The molecule has 0 aromatic rings. The molecule has 96 valence electrons. The van der Waals surface area contributed by atoms with Gasteiger partial charge in [-0.1, -0.05) is 0 Å². The topological polar surface area (TPSA) is 58.6 Å². The molecule has 1 amide bonds. The molecule has 2 N–H and O–H groups in total. The van der Waals surface area contributed by atoms with Gasteiger partial charge < -0.3 is 15.2 Å². The number of amides is 1. The molecule has 7 heteroatoms. The molecule has 4 nitrogen and oxygen atoms in total. The van der Waals surface area contributed by atoms with Crippen LogP contribution in [0.5, 0.6) is 0 Å². The van der Waals surface area contributed by atoms with E-state index in [-0.39, 0.29) is 0 Å². The highest BCUT2D eigenvalue weighted by Gasteiger charge is 2.44. The number of rotatable bonds is 2. The second-order valence-corrected chi connectivity index (χ2v) is 4.41. The van der Waals surface area contributed by atoms with Gasteiger partial charge in [0.1, 0.15) is 5.60 Å². The van der Waals surface area contributed by atoms with Crippen molar-refractivity contribution in [2.75, 3.05) is 0 Å². The predicted octanol–water partition coefficient (Wildman–Crippen LogP) is 1.82. The smallest absolute Gasteiger partial charge is 0.411 e. The number of nitrogens with one attached hydrogen (secondary N) is 1. The van der Waals surface area contributed by atoms with Crippen molar-refractivity contribution in [3.8, 4) is 0 Å². The fourth-order valence-corrected chi connectivity index (χ4v) is 0.910. The minimum Gasteiger partial charge on any atom is -0.444 e. The van der Waals surface area contributed by atoms with E-state index in [1.54, 1.807) is 5.32 Å². The van der Waals surface area contributed by atoms with Gasteiger partial charge in [0.25, 0.3) is 0 Å². The van der Waals surface area contributed by atoms with Gasteiger partial charge in [-0.05, 0) is 27.7 Å². The van der Waals surface area contributed by atoms with Crippen molar-refractivity contribution >= 4 is 6.09 Å². The van der Waals surface area contributed by atoms with Gasteiger partial charge in [-0.15, -0.1) is 0 Å². The second-order valence-electron chi connectivity index (χ2n) is 4.41. The zero-order valence-corrected chi connectivity index (χ0v) is 9.55. The third-order valence-corrected chi connectivity index (χ3v) is 1.51. The summed E-state index contributed by atoms with van der Waals surface area (Å²) in [5, 5.41) is 10.5. The average molecular weight is 243 g/mol. The Morgan fingerprint density at radius 2 is 1.75 bits per heavy atom. The number of hydrogen-bond donors (Lipinski definition) is 2. The maximum absolute atomic E-state index is 12.3. The van der Waals surface area contributed by atoms with Gasteiger partial charge in [-0.2, -0.15) is 13.2 Å². The maximum Gasteiger partial charge on any atom is 0.411 e. The lowest BCUT2D eigenvalue weighted by atomic mass is 10.2. The van der Waals surface area contributed by atoms with E-state index in [4.69, 9.17) is 5.11 Å². The molecular formula is C9H16F3NO3. The van der Waals surface area contributed by atoms with E-state index in [1.807, 2.05) is 0 Å². The van der Waals surface area contributed by atoms with Gasteiger partial charge in [-0.25, -0.2) is 4.79 Å². The molecule has 0 saturated carbocycles. The molecule has 16 heavy (non-hydrogen) atoms. The molecule has 0 aromatic heterocycles. The molecule has 0 spiro atoms. The lowest BCUT2D eigenvalue weighted by molar-refractivity contribution is -0.174. The third kappa shape index (κ3) is 5.79. The summed E-state index contributed by atoms with van der Waals surface area (Å²) in [6.07, 6.45) is -7.67. The summed E-state index contributed by atoms with van der Waals surface area (Å²) in [4.78, 5) is 11.1. The minimum absolute atomic E-state index is 0.890. The molecule has 0 rings (SSSR count). The first-order valence-corrected chi connectivity index (χ1v) is 4.68. The molecular weight excluding hydrogens is 227 g/mol. The van der Waals surface area contributed by atoms with Crippen molar-refractivity contribution in [2.24, 2.45) is 0 Å². The van der Waals surface area contributed by atoms with Crippen molar-refractivity contribution < 1.29 is 27.8 Å². The Labute approximate surface area is 91.8 Å². The standard InChI is InChI=1S/C9H16F3NO3/c1-5(14)6(9(10,11)12)13-7(15)16-8(2,3)4/h5-6,14H,1-4H3,(H,13,15). The van der Waals surface area contributed by atoms with E-state index in [1.165, 1.54) is 20.8 Å². The first kappa shape index (κ1) is 15.0. The highest BCUT2D eigenvalue weighted by Crippen LogP contribution is 2.23. The lowest BCUT2D eigenvalue weighted by Crippen LogP contribution is -2.52. The number of alkyl halides is 3. The van der Waals surface area contributed by atoms with Crippen LogP contribution >= 0.6 is 0 Å². The Morgan fingerprint density at radius 3 is 2.00 bits per heavy atom. The molecule has 0 aliphatic rings. The van der Waals surface area contributed by atoms with Crippen molar-refractivity contribution in [1.29, 1.82) is 0 Å². The first-order valence-electron chi connectivity index (χ1n) is 4.68. The lowest BCUT2D eigenvalue weighted by Gasteiger charge is -2.26. The summed E-state index contributed by atoms with van der Waals surface area (Å²) in [6, 6.07) is -2.33. The number of ether oxygens (including phenoxy) is 1. The van der Waals surface area contributed by atoms with Crippen LogP contribution in [0.1, 0.15) is 27.7 Å². The highest BCUT2D eigenvalue weighted by atomic mass is 19.4. The summed E-state index contributed by atoms with van der Waals surface area (Å²) < 4.78 is 41.7. The summed E-state index contributed by atoms with van der Waals surface area (Å²) in [7, 11) is 0. The van der Waals surface area contributed by atoms with E-state index in [2.05, 4.69) is 4.74 Å². The molecule has 2 atom stereocenters. The van der Waals surface area contributed by atoms with Crippen LogP contribution in [0.3, 0.4) is 0 Å². The van der Waals surface area contributed by atoms with Crippen molar-refractivity contribution in [1.82, 2.24) is 5.32 Å². The van der Waals surface area contributed by atoms with Crippen LogP contribution in [-0.4, -0.2) is 35.1 Å². The van der Waals surface area contributed by atoms with Crippen LogP contribution in [0.15, 0.2) is 0 Å². The molecule has 0 aliphatic heterocycles. The Morgan fingerprint density at radius 1 is 1.31 bits per heavy atom. The van der Waals surface area contributed by atoms with Gasteiger partial charge >= 0.3 is 12.3 Å². The van der Waals surface area contributed by atoms with E-state index in [0.717, 1.165) is 6.92 Å².